The molecule has 2 aromatic heterocycles. The van der Waals surface area contributed by atoms with Crippen molar-refractivity contribution in [3.63, 3.8) is 0 Å². The number of hydrogen-bond acceptors (Lipinski definition) is 4. The van der Waals surface area contributed by atoms with Crippen LogP contribution >= 0.6 is 22.9 Å². The van der Waals surface area contributed by atoms with Gasteiger partial charge in [-0.3, -0.25) is 4.68 Å². The molecule has 4 nitrogen and oxygen atoms in total. The van der Waals surface area contributed by atoms with Crippen molar-refractivity contribution < 1.29 is 0 Å². The van der Waals surface area contributed by atoms with Crippen LogP contribution in [0.25, 0.3) is 10.2 Å². The molecule has 0 saturated heterocycles. The van der Waals surface area contributed by atoms with E-state index in [2.05, 4.69) is 28.4 Å². The molecular weight excluding hydrogens is 304 g/mol. The van der Waals surface area contributed by atoms with Crippen LogP contribution < -0.4 is 5.32 Å². The quantitative estimate of drug-likeness (QED) is 0.784. The highest BCUT2D eigenvalue weighted by molar-refractivity contribution is 7.22. The second-order valence-electron chi connectivity index (χ2n) is 5.12. The lowest BCUT2D eigenvalue weighted by molar-refractivity contribution is 0.615. The van der Waals surface area contributed by atoms with E-state index in [0.717, 1.165) is 44.7 Å². The minimum Gasteiger partial charge on any atom is -0.360 e. The second kappa shape index (κ2) is 5.66. The van der Waals surface area contributed by atoms with Gasteiger partial charge in [-0.05, 0) is 44.5 Å². The number of fused-ring (bicyclic) bond motifs is 1. The molecule has 0 aliphatic rings. The van der Waals surface area contributed by atoms with Crippen LogP contribution in [0.2, 0.25) is 5.02 Å². The molecule has 1 N–H and O–H groups in total. The summed E-state index contributed by atoms with van der Waals surface area (Å²) in [5.74, 6) is 0. The third kappa shape index (κ3) is 2.89. The van der Waals surface area contributed by atoms with Gasteiger partial charge in [-0.15, -0.1) is 0 Å². The predicted molar refractivity (Wildman–Crippen MR) is 89.6 cm³/mol. The molecule has 3 aromatic rings. The maximum atomic E-state index is 6.13. The number of aryl methyl sites for hydroxylation is 3. The molecule has 0 atom stereocenters. The summed E-state index contributed by atoms with van der Waals surface area (Å²) in [5, 5.41) is 9.51. The smallest absolute Gasteiger partial charge is 0.183 e. The van der Waals surface area contributed by atoms with E-state index < -0.39 is 0 Å². The number of thiazole rings is 1. The fourth-order valence-corrected chi connectivity index (χ4v) is 3.45. The zero-order valence-electron chi connectivity index (χ0n) is 12.3. The van der Waals surface area contributed by atoms with Crippen LogP contribution in [-0.2, 0) is 6.54 Å². The van der Waals surface area contributed by atoms with E-state index in [0.29, 0.717) is 0 Å². The molecule has 21 heavy (non-hydrogen) atoms. The van der Waals surface area contributed by atoms with Gasteiger partial charge in [-0.25, -0.2) is 4.98 Å². The van der Waals surface area contributed by atoms with Crippen molar-refractivity contribution in [1.82, 2.24) is 14.8 Å². The Morgan fingerprint density at radius 3 is 2.81 bits per heavy atom. The molecule has 0 aliphatic carbocycles. The molecule has 0 radical (unpaired) electrons. The van der Waals surface area contributed by atoms with Crippen molar-refractivity contribution in [2.75, 3.05) is 11.9 Å². The van der Waals surface area contributed by atoms with Gasteiger partial charge in [-0.1, -0.05) is 22.9 Å². The van der Waals surface area contributed by atoms with Gasteiger partial charge in [0.1, 0.15) is 0 Å². The summed E-state index contributed by atoms with van der Waals surface area (Å²) in [6.07, 6.45) is 0. The minimum absolute atomic E-state index is 0.766. The van der Waals surface area contributed by atoms with Crippen molar-refractivity contribution >= 4 is 38.3 Å². The maximum Gasteiger partial charge on any atom is 0.183 e. The molecule has 3 rings (SSSR count). The van der Waals surface area contributed by atoms with E-state index in [1.807, 2.05) is 30.7 Å². The van der Waals surface area contributed by atoms with Crippen LogP contribution in [0.3, 0.4) is 0 Å². The number of halogens is 1. The highest BCUT2D eigenvalue weighted by atomic mass is 35.5. The predicted octanol–water partition coefficient (Wildman–Crippen LogP) is 4.18. The number of rotatable bonds is 4. The largest absolute Gasteiger partial charge is 0.360 e. The van der Waals surface area contributed by atoms with Crippen LogP contribution in [0.5, 0.6) is 0 Å². The van der Waals surface area contributed by atoms with Crippen molar-refractivity contribution in [1.29, 1.82) is 0 Å². The number of benzene rings is 1. The van der Waals surface area contributed by atoms with Crippen LogP contribution in [0.1, 0.15) is 17.0 Å². The molecule has 2 heterocycles. The first-order valence-electron chi connectivity index (χ1n) is 6.85. The van der Waals surface area contributed by atoms with Gasteiger partial charge in [0.05, 0.1) is 22.5 Å². The molecule has 6 heteroatoms. The van der Waals surface area contributed by atoms with Gasteiger partial charge in [-0.2, -0.15) is 5.10 Å². The highest BCUT2D eigenvalue weighted by Crippen LogP contribution is 2.31. The van der Waals surface area contributed by atoms with Gasteiger partial charge in [0, 0.05) is 17.3 Å². The third-order valence-electron chi connectivity index (χ3n) is 3.45. The Hall–Kier alpha value is -1.59. The highest BCUT2D eigenvalue weighted by Gasteiger charge is 2.08. The molecule has 0 fully saturated rings. The Morgan fingerprint density at radius 2 is 2.10 bits per heavy atom. The molecule has 1 aromatic carbocycles. The lowest BCUT2D eigenvalue weighted by Crippen LogP contribution is -2.12. The lowest BCUT2D eigenvalue weighted by atomic mass is 10.2. The van der Waals surface area contributed by atoms with Crippen LogP contribution in [0.4, 0.5) is 5.13 Å². The number of nitrogens with one attached hydrogen (secondary N) is 1. The Kier molecular flexibility index (Phi) is 3.87. The van der Waals surface area contributed by atoms with Crippen molar-refractivity contribution in [3.8, 4) is 0 Å². The van der Waals surface area contributed by atoms with E-state index in [9.17, 15) is 0 Å². The molecule has 0 saturated carbocycles. The van der Waals surface area contributed by atoms with E-state index in [1.165, 1.54) is 5.69 Å². The summed E-state index contributed by atoms with van der Waals surface area (Å²) in [7, 11) is 0. The zero-order chi connectivity index (χ0) is 15.0. The summed E-state index contributed by atoms with van der Waals surface area (Å²) in [6.45, 7) is 7.72. The van der Waals surface area contributed by atoms with Crippen molar-refractivity contribution in [3.05, 3.63) is 40.2 Å². The molecule has 110 valence electrons. The summed E-state index contributed by atoms with van der Waals surface area (Å²) in [4.78, 5) is 4.63. The van der Waals surface area contributed by atoms with E-state index in [-0.39, 0.29) is 0 Å². The molecular formula is C15H17ClN4S. The topological polar surface area (TPSA) is 42.7 Å². The third-order valence-corrected chi connectivity index (χ3v) is 4.84. The van der Waals surface area contributed by atoms with E-state index >= 15 is 0 Å². The minimum atomic E-state index is 0.766. The standard InChI is InChI=1S/C15H17ClN4S/c1-9-8-10(2)20(19-9)7-6-17-15-18-14-11(3)12(16)4-5-13(14)21-15/h4-5,8H,6-7H2,1-3H3,(H,17,18). The van der Waals surface area contributed by atoms with Crippen molar-refractivity contribution in [2.24, 2.45) is 0 Å². The van der Waals surface area contributed by atoms with Crippen LogP contribution in [-0.4, -0.2) is 21.3 Å². The van der Waals surface area contributed by atoms with Gasteiger partial charge >= 0.3 is 0 Å². The average molecular weight is 321 g/mol. The Labute approximate surface area is 132 Å². The zero-order valence-corrected chi connectivity index (χ0v) is 13.8. The molecule has 0 aliphatic heterocycles. The second-order valence-corrected chi connectivity index (χ2v) is 6.55. The SMILES string of the molecule is Cc1cc(C)n(CCNc2nc3c(C)c(Cl)ccc3s2)n1. The van der Waals surface area contributed by atoms with Crippen LogP contribution in [0, 0.1) is 20.8 Å². The van der Waals surface area contributed by atoms with E-state index in [4.69, 9.17) is 11.6 Å². The first kappa shape index (κ1) is 14.4. The van der Waals surface area contributed by atoms with Crippen LogP contribution in [0.15, 0.2) is 18.2 Å². The van der Waals surface area contributed by atoms with Gasteiger partial charge < -0.3 is 5.32 Å². The first-order chi connectivity index (χ1) is 10.0. The number of nitrogens with zero attached hydrogens (tertiary/aromatic N) is 3. The van der Waals surface area contributed by atoms with Gasteiger partial charge in [0.15, 0.2) is 5.13 Å². The molecule has 0 bridgehead atoms. The number of anilines is 1. The van der Waals surface area contributed by atoms with Gasteiger partial charge in [0.25, 0.3) is 0 Å². The summed E-state index contributed by atoms with van der Waals surface area (Å²) in [6, 6.07) is 6.04. The van der Waals surface area contributed by atoms with Crippen molar-refractivity contribution in [2.45, 2.75) is 27.3 Å². The summed E-state index contributed by atoms with van der Waals surface area (Å²) < 4.78 is 3.17. The molecule has 0 amide bonds. The Bertz CT molecular complexity index is 790. The number of hydrogen-bond donors (Lipinski definition) is 1. The maximum absolute atomic E-state index is 6.13. The first-order valence-corrected chi connectivity index (χ1v) is 8.04. The van der Waals surface area contributed by atoms with Gasteiger partial charge in [0.2, 0.25) is 0 Å². The Morgan fingerprint density at radius 1 is 1.29 bits per heavy atom. The van der Waals surface area contributed by atoms with E-state index in [1.54, 1.807) is 11.3 Å². The summed E-state index contributed by atoms with van der Waals surface area (Å²) >= 11 is 7.79. The Balaban J connectivity index is 1.71. The fraction of sp³-hybridized carbons (Fsp3) is 0.333. The summed E-state index contributed by atoms with van der Waals surface area (Å²) in [5.41, 5.74) is 4.26. The molecule has 0 unspecified atom stereocenters. The average Bonchev–Trinajstić information content (AvgIpc) is 2.98. The fourth-order valence-electron chi connectivity index (χ4n) is 2.35. The normalized spacial score (nSPS) is 11.2. The monoisotopic (exact) mass is 320 g/mol. The number of aromatic nitrogens is 3. The lowest BCUT2D eigenvalue weighted by Gasteiger charge is -2.04. The molecule has 0 spiro atoms.